The molecule has 0 aromatic carbocycles. The molecule has 0 N–H and O–H groups in total. The van der Waals surface area contributed by atoms with Gasteiger partial charge in [0.1, 0.15) is 0 Å². The highest BCUT2D eigenvalue weighted by molar-refractivity contribution is 5.24. The van der Waals surface area contributed by atoms with E-state index in [-0.39, 0.29) is 0 Å². The van der Waals surface area contributed by atoms with Crippen LogP contribution in [-0.2, 0) is 14.2 Å². The van der Waals surface area contributed by atoms with Crippen LogP contribution in [0.4, 0.5) is 132 Å². The summed E-state index contributed by atoms with van der Waals surface area (Å²) in [5, 5.41) is 0. The third-order valence-electron chi connectivity index (χ3n) is 4.63. The van der Waals surface area contributed by atoms with Crippen LogP contribution in [-0.4, -0.2) is 72.5 Å². The minimum Gasteiger partial charge on any atom is -0.421 e. The lowest BCUT2D eigenvalue weighted by atomic mass is 10.0. The lowest BCUT2D eigenvalue weighted by molar-refractivity contribution is -0.427. The van der Waals surface area contributed by atoms with Gasteiger partial charge in [0.2, 0.25) is 11.5 Å². The van der Waals surface area contributed by atoms with Crippen LogP contribution >= 0.6 is 0 Å². The van der Waals surface area contributed by atoms with Crippen molar-refractivity contribution >= 4 is 0 Å². The second-order valence-corrected chi connectivity index (χ2v) is 8.00. The topological polar surface area (TPSA) is 27.7 Å². The maximum Gasteiger partial charge on any atom is 0.474 e. The molecule has 0 aliphatic rings. The Labute approximate surface area is 243 Å². The van der Waals surface area contributed by atoms with Gasteiger partial charge in [0.05, 0.1) is 0 Å². The third kappa shape index (κ3) is 7.76. The van der Waals surface area contributed by atoms with Crippen molar-refractivity contribution in [3.05, 3.63) is 23.5 Å². The molecule has 0 amide bonds. The van der Waals surface area contributed by atoms with Crippen LogP contribution in [0.5, 0.6) is 0 Å². The fourth-order valence-corrected chi connectivity index (χ4v) is 2.21. The van der Waals surface area contributed by atoms with E-state index in [1.165, 1.54) is 9.47 Å². The molecule has 0 bridgehead atoms. The number of alkyl halides is 28. The number of hydrogen-bond donors (Lipinski definition) is 0. The minimum atomic E-state index is -8.56. The van der Waals surface area contributed by atoms with Gasteiger partial charge >= 0.3 is 84.5 Å². The minimum absolute atomic E-state index is 1.39. The van der Waals surface area contributed by atoms with Crippen molar-refractivity contribution in [3.63, 3.8) is 0 Å². The average Bonchev–Trinajstić information content (AvgIpc) is 2.80. The molecule has 0 spiro atoms. The highest BCUT2D eigenvalue weighted by Crippen LogP contribution is 2.58. The van der Waals surface area contributed by atoms with E-state index in [1.54, 1.807) is 4.74 Å². The van der Waals surface area contributed by atoms with Crippen molar-refractivity contribution in [2.24, 2.45) is 0 Å². The zero-order valence-electron chi connectivity index (χ0n) is 20.6. The van der Waals surface area contributed by atoms with E-state index >= 15 is 0 Å². The monoisotopic (exact) mass is 810 g/mol. The highest BCUT2D eigenvalue weighted by atomic mass is 19.5. The van der Waals surface area contributed by atoms with E-state index in [9.17, 15) is 132 Å². The summed E-state index contributed by atoms with van der Waals surface area (Å²) in [4.78, 5) is 0. The molecule has 0 heterocycles. The van der Waals surface area contributed by atoms with Crippen LogP contribution in [0, 0.1) is 0 Å². The van der Waals surface area contributed by atoms with Crippen LogP contribution in [0.3, 0.4) is 0 Å². The number of halogens is 30. The first-order valence-corrected chi connectivity index (χ1v) is 9.89. The lowest BCUT2D eigenvalue weighted by Crippen LogP contribution is -2.59. The molecule has 0 atom stereocenters. The maximum absolute atomic E-state index is 14.2. The van der Waals surface area contributed by atoms with Crippen LogP contribution in [0.25, 0.3) is 0 Å². The molecular formula is C16F30O3. The first-order chi connectivity index (χ1) is 20.7. The summed E-state index contributed by atoms with van der Waals surface area (Å²) >= 11 is 0. The highest BCUT2D eigenvalue weighted by Gasteiger charge is 2.83. The summed E-state index contributed by atoms with van der Waals surface area (Å²) < 4.78 is 395. The molecule has 33 heteroatoms. The van der Waals surface area contributed by atoms with Gasteiger partial charge in [-0.1, -0.05) is 0 Å². The Balaban J connectivity index is 8.49. The number of allylic oxidation sites excluding steroid dienone is 2. The Hall–Kier alpha value is -3.22. The molecule has 292 valence electrons. The van der Waals surface area contributed by atoms with Gasteiger partial charge in [-0.3, -0.25) is 0 Å². The molecule has 0 radical (unpaired) electrons. The molecule has 0 aliphatic heterocycles. The molecule has 49 heavy (non-hydrogen) atoms. The second-order valence-electron chi connectivity index (χ2n) is 8.00. The molecule has 0 fully saturated rings. The summed E-state index contributed by atoms with van der Waals surface area (Å²) in [6, 6.07) is -11.3. The fourth-order valence-electron chi connectivity index (χ4n) is 2.21. The quantitative estimate of drug-likeness (QED) is 0.163. The third-order valence-corrected chi connectivity index (χ3v) is 4.63. The zero-order valence-corrected chi connectivity index (χ0v) is 20.6. The molecule has 0 aromatic heterocycles. The molecule has 3 nitrogen and oxygen atoms in total. The first kappa shape index (κ1) is 45.8. The molecule has 0 saturated carbocycles. The number of rotatable bonds is 10. The van der Waals surface area contributed by atoms with E-state index in [2.05, 4.69) is 0 Å². The van der Waals surface area contributed by atoms with Gasteiger partial charge in [0, 0.05) is 0 Å². The van der Waals surface area contributed by atoms with Gasteiger partial charge in [-0.25, -0.2) is 8.78 Å². The van der Waals surface area contributed by atoms with Crippen molar-refractivity contribution in [2.75, 3.05) is 0 Å². The Kier molecular flexibility index (Phi) is 11.4. The van der Waals surface area contributed by atoms with Crippen molar-refractivity contribution in [1.82, 2.24) is 0 Å². The number of hydrogen-bond acceptors (Lipinski definition) is 3. The Morgan fingerprint density at radius 1 is 0.286 bits per heavy atom. The zero-order chi connectivity index (χ0) is 40.4. The fraction of sp³-hybridized carbons (Fsp3) is 0.750. The molecule has 0 aliphatic carbocycles. The molecule has 0 saturated heterocycles. The van der Waals surface area contributed by atoms with E-state index in [4.69, 9.17) is 0 Å². The van der Waals surface area contributed by atoms with Gasteiger partial charge in [-0.05, 0) is 0 Å². The van der Waals surface area contributed by atoms with Gasteiger partial charge in [0.25, 0.3) is 0 Å². The summed E-state index contributed by atoms with van der Waals surface area (Å²) in [7, 11) is 0. The summed E-state index contributed by atoms with van der Waals surface area (Å²) in [5.74, 6) is -28.3. The molecular weight excluding hydrogens is 810 g/mol. The average molecular weight is 810 g/mol. The SMILES string of the molecule is FC(OC(F)=C(OC(F)(F)C(F)(F)C(F)(F)F)C(F)(C(F)(F)F)C(F)(F)F)=C(OC(F)(F)C(F)(F)C(F)(F)F)C(F)(C(F)(F)F)C(F)(F)F. The van der Waals surface area contributed by atoms with Gasteiger partial charge in [-0.2, -0.15) is 123 Å². The maximum atomic E-state index is 14.2. The Morgan fingerprint density at radius 2 is 0.469 bits per heavy atom. The van der Waals surface area contributed by atoms with Crippen molar-refractivity contribution in [3.8, 4) is 0 Å². The Morgan fingerprint density at radius 3 is 0.612 bits per heavy atom. The summed E-state index contributed by atoms with van der Waals surface area (Å²) in [6.07, 6.45) is -66.5. The largest absolute Gasteiger partial charge is 0.474 e. The molecule has 0 rings (SSSR count). The second kappa shape index (κ2) is 12.2. The van der Waals surface area contributed by atoms with Gasteiger partial charge in [0.15, 0.2) is 0 Å². The lowest BCUT2D eigenvalue weighted by Gasteiger charge is -2.35. The first-order valence-electron chi connectivity index (χ1n) is 9.89. The normalized spacial score (nSPS) is 17.0. The molecule has 0 aromatic rings. The molecule has 0 unspecified atom stereocenters. The Bertz CT molecular complexity index is 1120. The van der Waals surface area contributed by atoms with E-state index in [1.807, 2.05) is 0 Å². The van der Waals surface area contributed by atoms with Gasteiger partial charge < -0.3 is 14.2 Å². The smallest absolute Gasteiger partial charge is 0.421 e. The van der Waals surface area contributed by atoms with Crippen LogP contribution in [0.1, 0.15) is 0 Å². The number of ether oxygens (including phenoxy) is 3. The van der Waals surface area contributed by atoms with Crippen molar-refractivity contribution < 1.29 is 146 Å². The van der Waals surface area contributed by atoms with Crippen molar-refractivity contribution in [2.45, 2.75) is 72.5 Å². The van der Waals surface area contributed by atoms with E-state index < -0.39 is 96.0 Å². The predicted octanol–water partition coefficient (Wildman–Crippen LogP) is 10.6. The van der Waals surface area contributed by atoms with Crippen molar-refractivity contribution in [1.29, 1.82) is 0 Å². The van der Waals surface area contributed by atoms with E-state index in [0.29, 0.717) is 0 Å². The van der Waals surface area contributed by atoms with Crippen LogP contribution in [0.2, 0.25) is 0 Å². The van der Waals surface area contributed by atoms with Crippen LogP contribution in [0.15, 0.2) is 23.5 Å². The summed E-state index contributed by atoms with van der Waals surface area (Å²) in [6.45, 7) is 0. The summed E-state index contributed by atoms with van der Waals surface area (Å²) in [5.41, 5.74) is -17.1. The van der Waals surface area contributed by atoms with Crippen LogP contribution < -0.4 is 0 Å². The predicted molar refractivity (Wildman–Crippen MR) is 83.3 cm³/mol. The van der Waals surface area contributed by atoms with E-state index in [0.717, 1.165) is 0 Å². The standard InChI is InChI=1S/C16F30O3/c17-3(1(5(19,9(25,26)27)10(28,29)30)48-15(43,44)7(21,22)13(37,38)39)47-4(18)2(6(20,11(31,32)33)12(34,35)36)49-16(45,46)8(23,24)14(40,41)42. The van der Waals surface area contributed by atoms with Gasteiger partial charge in [-0.15, -0.1) is 0 Å².